The fourth-order valence-electron chi connectivity index (χ4n) is 4.87. The molecule has 1 fully saturated rings. The van der Waals surface area contributed by atoms with Crippen LogP contribution in [-0.4, -0.2) is 22.5 Å². The van der Waals surface area contributed by atoms with Crippen molar-refractivity contribution in [1.82, 2.24) is 4.31 Å². The maximum Gasteiger partial charge on any atom is 0.399 e. The molecule has 13 heteroatoms. The minimum absolute atomic E-state index is 0.0675. The summed E-state index contributed by atoms with van der Waals surface area (Å²) < 4.78 is 83.6. The molecule has 5 rings (SSSR count). The number of nitrogens with zero attached hydrogens (tertiary/aromatic N) is 2. The van der Waals surface area contributed by atoms with Gasteiger partial charge in [-0.05, 0) is 83.0 Å². The first-order valence-corrected chi connectivity index (χ1v) is 16.7. The highest BCUT2D eigenvalue weighted by Gasteiger charge is 2.51. The van der Waals surface area contributed by atoms with E-state index in [4.69, 9.17) is 21.4 Å². The lowest BCUT2D eigenvalue weighted by molar-refractivity contribution is 0.0565. The Bertz CT molecular complexity index is 1920. The summed E-state index contributed by atoms with van der Waals surface area (Å²) >= 11 is 6.03. The van der Waals surface area contributed by atoms with Crippen LogP contribution in [0.15, 0.2) is 89.8 Å². The normalized spacial score (nSPS) is 14.0. The Morgan fingerprint density at radius 3 is 2.20 bits per heavy atom. The van der Waals surface area contributed by atoms with Gasteiger partial charge in [-0.1, -0.05) is 60.1 Å². The molecular weight excluding hydrogens is 636 g/mol. The molecule has 0 atom stereocenters. The minimum atomic E-state index is -5.89. The molecule has 4 aromatic carbocycles. The van der Waals surface area contributed by atoms with E-state index in [9.17, 15) is 31.4 Å². The van der Waals surface area contributed by atoms with Crippen molar-refractivity contribution in [3.63, 3.8) is 0 Å². The molecule has 0 heterocycles. The fraction of sp³-hybridized carbons (Fsp3) is 0.194. The van der Waals surface area contributed by atoms with Crippen LogP contribution in [0.25, 0.3) is 11.1 Å². The second kappa shape index (κ2) is 12.1. The van der Waals surface area contributed by atoms with Gasteiger partial charge in [-0.25, -0.2) is 12.8 Å². The third-order valence-electron chi connectivity index (χ3n) is 7.33. The van der Waals surface area contributed by atoms with Crippen LogP contribution in [0.2, 0.25) is 5.02 Å². The topological polar surface area (TPSA) is 119 Å². The van der Waals surface area contributed by atoms with Crippen molar-refractivity contribution in [2.45, 2.75) is 42.4 Å². The molecule has 44 heavy (non-hydrogen) atoms. The number of hydrogen-bond donors (Lipinski definition) is 2. The Balaban J connectivity index is 1.52. The zero-order valence-electron chi connectivity index (χ0n) is 22.9. The van der Waals surface area contributed by atoms with E-state index >= 15 is 0 Å². The predicted molar refractivity (Wildman–Crippen MR) is 159 cm³/mol. The zero-order chi connectivity index (χ0) is 31.9. The monoisotopic (exact) mass is 660 g/mol. The lowest BCUT2D eigenvalue weighted by Crippen LogP contribution is -2.31. The average Bonchev–Trinajstić information content (AvgIpc) is 3.82. The van der Waals surface area contributed by atoms with Gasteiger partial charge in [-0.2, -0.15) is 18.3 Å². The SMILES string of the molecule is N#Cc1cccc(-c2ccc(CN(Cc3ccc(C(F)(F)P(=O)(O)O)c(Cl)c3)S(=O)(=O)c3ccc(F)cc3C3CC3)cc2)c1. The van der Waals surface area contributed by atoms with Crippen molar-refractivity contribution in [3.05, 3.63) is 124 Å². The van der Waals surface area contributed by atoms with Crippen LogP contribution in [0.5, 0.6) is 0 Å². The second-order valence-corrected chi connectivity index (χ2v) is 14.5. The summed E-state index contributed by atoms with van der Waals surface area (Å²) in [5.74, 6) is -0.675. The summed E-state index contributed by atoms with van der Waals surface area (Å²) in [6.07, 6.45) is 1.43. The van der Waals surface area contributed by atoms with E-state index in [0.717, 1.165) is 39.7 Å². The first kappa shape index (κ1) is 31.9. The molecule has 1 saturated carbocycles. The molecule has 0 spiro atoms. The third-order valence-corrected chi connectivity index (χ3v) is 10.5. The van der Waals surface area contributed by atoms with Crippen molar-refractivity contribution in [1.29, 1.82) is 5.26 Å². The summed E-state index contributed by atoms with van der Waals surface area (Å²) in [6.45, 7) is -0.488. The highest BCUT2D eigenvalue weighted by Crippen LogP contribution is 2.60. The van der Waals surface area contributed by atoms with E-state index in [1.54, 1.807) is 42.5 Å². The number of alkyl halides is 2. The van der Waals surface area contributed by atoms with Gasteiger partial charge in [0.1, 0.15) is 5.82 Å². The first-order valence-electron chi connectivity index (χ1n) is 13.3. The van der Waals surface area contributed by atoms with Crippen LogP contribution < -0.4 is 0 Å². The molecule has 1 aliphatic carbocycles. The van der Waals surface area contributed by atoms with Gasteiger partial charge in [0.25, 0.3) is 0 Å². The lowest BCUT2D eigenvalue weighted by Gasteiger charge is -2.25. The van der Waals surface area contributed by atoms with Crippen molar-refractivity contribution in [2.75, 3.05) is 0 Å². The molecule has 0 radical (unpaired) electrons. The fourth-order valence-corrected chi connectivity index (χ4v) is 7.44. The molecule has 0 amide bonds. The molecule has 2 N–H and O–H groups in total. The van der Waals surface area contributed by atoms with Gasteiger partial charge in [0.2, 0.25) is 10.0 Å². The van der Waals surface area contributed by atoms with Crippen LogP contribution >= 0.6 is 19.2 Å². The highest BCUT2D eigenvalue weighted by molar-refractivity contribution is 7.89. The summed E-state index contributed by atoms with van der Waals surface area (Å²) in [4.78, 5) is 18.2. The Hall–Kier alpha value is -3.49. The van der Waals surface area contributed by atoms with E-state index in [2.05, 4.69) is 6.07 Å². The van der Waals surface area contributed by atoms with E-state index in [1.807, 2.05) is 6.07 Å². The van der Waals surface area contributed by atoms with Crippen LogP contribution in [0, 0.1) is 17.1 Å². The van der Waals surface area contributed by atoms with Crippen LogP contribution in [0.4, 0.5) is 13.2 Å². The Morgan fingerprint density at radius 2 is 1.59 bits per heavy atom. The van der Waals surface area contributed by atoms with Gasteiger partial charge in [0, 0.05) is 13.1 Å². The van der Waals surface area contributed by atoms with Crippen LogP contribution in [-0.2, 0) is 33.3 Å². The number of nitriles is 1. The van der Waals surface area contributed by atoms with Crippen molar-refractivity contribution < 1.29 is 35.9 Å². The second-order valence-electron chi connectivity index (χ2n) is 10.5. The number of hydrogen-bond acceptors (Lipinski definition) is 4. The molecule has 7 nitrogen and oxygen atoms in total. The highest BCUT2D eigenvalue weighted by atomic mass is 35.5. The van der Waals surface area contributed by atoms with Gasteiger partial charge in [0.05, 0.1) is 27.1 Å². The molecule has 0 bridgehead atoms. The molecule has 4 aromatic rings. The standard InChI is InChI=1S/C31H25ClF3N2O5PS/c32-29-15-22(6-12-28(29)31(34,35)43(38,39)40)19-37(44(41,42)30-13-11-26(33)16-27(30)24-9-10-24)18-20-4-7-23(8-5-20)25-3-1-2-21(14-25)17-36/h1-8,11-16,24H,9-10,18-19H2,(H2,38,39,40). The summed E-state index contributed by atoms with van der Waals surface area (Å²) in [6, 6.07) is 22.5. The van der Waals surface area contributed by atoms with Crippen LogP contribution in [0.3, 0.4) is 0 Å². The molecule has 1 aliphatic rings. The molecule has 228 valence electrons. The Morgan fingerprint density at radius 1 is 0.932 bits per heavy atom. The molecule has 0 saturated heterocycles. The minimum Gasteiger partial charge on any atom is -0.320 e. The van der Waals surface area contributed by atoms with Gasteiger partial charge >= 0.3 is 13.3 Å². The lowest BCUT2D eigenvalue weighted by atomic mass is 10.0. The molecule has 0 aromatic heterocycles. The van der Waals surface area contributed by atoms with Crippen molar-refractivity contribution in [3.8, 4) is 17.2 Å². The van der Waals surface area contributed by atoms with Gasteiger partial charge in [0.15, 0.2) is 0 Å². The maximum atomic E-state index is 14.4. The third kappa shape index (κ3) is 6.61. The number of sulfonamides is 1. The quantitative estimate of drug-likeness (QED) is 0.170. The Labute approximate surface area is 257 Å². The van der Waals surface area contributed by atoms with E-state index in [0.29, 0.717) is 29.5 Å². The number of halogens is 4. The van der Waals surface area contributed by atoms with E-state index < -0.39 is 39.7 Å². The summed E-state index contributed by atoms with van der Waals surface area (Å²) in [5.41, 5.74) is -2.43. The van der Waals surface area contributed by atoms with Crippen LogP contribution in [0.1, 0.15) is 46.6 Å². The molecule has 0 unspecified atom stereocenters. The zero-order valence-corrected chi connectivity index (χ0v) is 25.3. The number of benzene rings is 4. The molecule has 0 aliphatic heterocycles. The predicted octanol–water partition coefficient (Wildman–Crippen LogP) is 7.51. The van der Waals surface area contributed by atoms with Gasteiger partial charge < -0.3 is 9.79 Å². The average molecular weight is 661 g/mol. The van der Waals surface area contributed by atoms with Crippen molar-refractivity contribution in [2.24, 2.45) is 0 Å². The number of rotatable bonds is 10. The van der Waals surface area contributed by atoms with Gasteiger partial charge in [-0.3, -0.25) is 4.57 Å². The largest absolute Gasteiger partial charge is 0.399 e. The van der Waals surface area contributed by atoms with E-state index in [-0.39, 0.29) is 29.5 Å². The maximum absolute atomic E-state index is 14.4. The summed E-state index contributed by atoms with van der Waals surface area (Å²) in [7, 11) is -10.2. The molecular formula is C31H25ClF3N2O5PS. The first-order chi connectivity index (χ1) is 20.7. The Kier molecular flexibility index (Phi) is 8.80. The van der Waals surface area contributed by atoms with E-state index in [1.165, 1.54) is 12.1 Å². The van der Waals surface area contributed by atoms with Crippen molar-refractivity contribution >= 4 is 29.2 Å². The smallest absolute Gasteiger partial charge is 0.320 e. The van der Waals surface area contributed by atoms with Gasteiger partial charge in [-0.15, -0.1) is 0 Å². The summed E-state index contributed by atoms with van der Waals surface area (Å²) in [5, 5.41) is 8.57.